The average molecular weight is 241 g/mol. The first-order valence-electron chi connectivity index (χ1n) is 6.06. The second kappa shape index (κ2) is 8.07. The lowest BCUT2D eigenvalue weighted by Gasteiger charge is -2.02. The Hall–Kier alpha value is -2.09. The molecule has 0 aliphatic rings. The maximum absolute atomic E-state index is 7.33. The lowest BCUT2D eigenvalue weighted by atomic mass is 10.0. The third-order valence-corrected chi connectivity index (χ3v) is 2.49. The summed E-state index contributed by atoms with van der Waals surface area (Å²) < 4.78 is 0. The second-order valence-corrected chi connectivity index (χ2v) is 3.87. The molecule has 1 N–H and O–H groups in total. The lowest BCUT2D eigenvalue weighted by Crippen LogP contribution is -1.83. The first kappa shape index (κ1) is 14.0. The van der Waals surface area contributed by atoms with Crippen LogP contribution in [-0.2, 0) is 6.42 Å². The molecule has 1 heterocycles. The zero-order valence-corrected chi connectivity index (χ0v) is 10.7. The minimum Gasteiger partial charge on any atom is -0.516 e. The van der Waals surface area contributed by atoms with Crippen molar-refractivity contribution in [2.24, 2.45) is 0 Å². The van der Waals surface area contributed by atoms with Crippen molar-refractivity contribution < 1.29 is 5.11 Å². The van der Waals surface area contributed by atoms with Gasteiger partial charge in [-0.25, -0.2) is 0 Å². The van der Waals surface area contributed by atoms with Crippen molar-refractivity contribution in [2.75, 3.05) is 0 Å². The van der Waals surface area contributed by atoms with Crippen LogP contribution in [0.2, 0.25) is 0 Å². The molecule has 0 bridgehead atoms. The van der Waals surface area contributed by atoms with E-state index in [-0.39, 0.29) is 0 Å². The lowest BCUT2D eigenvalue weighted by molar-refractivity contribution is 0.476. The van der Waals surface area contributed by atoms with Crippen LogP contribution in [0.4, 0.5) is 0 Å². The SMILES string of the molecule is C=CO.CCCc1ccc(-c2cccnc2)cc1. The van der Waals surface area contributed by atoms with E-state index in [9.17, 15) is 0 Å². The molecule has 1 aromatic carbocycles. The van der Waals surface area contributed by atoms with Gasteiger partial charge in [0, 0.05) is 12.4 Å². The van der Waals surface area contributed by atoms with Crippen molar-refractivity contribution in [1.82, 2.24) is 4.98 Å². The summed E-state index contributed by atoms with van der Waals surface area (Å²) >= 11 is 0. The number of nitrogens with zero attached hydrogens (tertiary/aromatic N) is 1. The van der Waals surface area contributed by atoms with Crippen LogP contribution in [0.1, 0.15) is 18.9 Å². The van der Waals surface area contributed by atoms with Crippen LogP contribution in [0.25, 0.3) is 11.1 Å². The zero-order valence-electron chi connectivity index (χ0n) is 10.7. The van der Waals surface area contributed by atoms with Gasteiger partial charge in [-0.15, -0.1) is 0 Å². The van der Waals surface area contributed by atoms with Gasteiger partial charge in [0.05, 0.1) is 6.26 Å². The summed E-state index contributed by atoms with van der Waals surface area (Å²) in [7, 11) is 0. The van der Waals surface area contributed by atoms with E-state index in [0.717, 1.165) is 12.7 Å². The Labute approximate surface area is 109 Å². The molecule has 2 nitrogen and oxygen atoms in total. The Kier molecular flexibility index (Phi) is 6.26. The van der Waals surface area contributed by atoms with E-state index in [1.54, 1.807) is 6.20 Å². The predicted molar refractivity (Wildman–Crippen MR) is 76.5 cm³/mol. The Morgan fingerprint density at radius 3 is 2.33 bits per heavy atom. The van der Waals surface area contributed by atoms with Crippen molar-refractivity contribution in [3.63, 3.8) is 0 Å². The number of aromatic nitrogens is 1. The number of aryl methyl sites for hydroxylation is 1. The minimum absolute atomic E-state index is 0.750. The van der Waals surface area contributed by atoms with Crippen molar-refractivity contribution in [2.45, 2.75) is 19.8 Å². The normalized spacial score (nSPS) is 9.17. The van der Waals surface area contributed by atoms with Gasteiger partial charge in [0.25, 0.3) is 0 Å². The fourth-order valence-electron chi connectivity index (χ4n) is 1.69. The third kappa shape index (κ3) is 4.42. The highest BCUT2D eigenvalue weighted by Gasteiger charge is 1.96. The molecule has 0 unspecified atom stereocenters. The van der Waals surface area contributed by atoms with Gasteiger partial charge >= 0.3 is 0 Å². The van der Waals surface area contributed by atoms with E-state index >= 15 is 0 Å². The monoisotopic (exact) mass is 241 g/mol. The van der Waals surface area contributed by atoms with Crippen molar-refractivity contribution in [1.29, 1.82) is 0 Å². The maximum atomic E-state index is 7.33. The first-order chi connectivity index (χ1) is 8.81. The molecule has 1 aromatic heterocycles. The summed E-state index contributed by atoms with van der Waals surface area (Å²) in [6, 6.07) is 12.8. The summed E-state index contributed by atoms with van der Waals surface area (Å²) in [5, 5.41) is 7.33. The van der Waals surface area contributed by atoms with E-state index in [2.05, 4.69) is 48.8 Å². The largest absolute Gasteiger partial charge is 0.516 e. The highest BCUT2D eigenvalue weighted by molar-refractivity contribution is 5.62. The number of hydrogen-bond donors (Lipinski definition) is 1. The summed E-state index contributed by atoms with van der Waals surface area (Å²) in [4.78, 5) is 4.12. The first-order valence-corrected chi connectivity index (χ1v) is 6.06. The van der Waals surface area contributed by atoms with Gasteiger partial charge in [-0.1, -0.05) is 50.3 Å². The molecule has 0 radical (unpaired) electrons. The Balaban J connectivity index is 0.000000492. The molecule has 0 spiro atoms. The molecule has 2 rings (SSSR count). The van der Waals surface area contributed by atoms with Crippen LogP contribution in [-0.4, -0.2) is 10.1 Å². The molecular weight excluding hydrogens is 222 g/mol. The van der Waals surface area contributed by atoms with Crippen molar-refractivity contribution in [3.8, 4) is 11.1 Å². The van der Waals surface area contributed by atoms with Crippen LogP contribution in [0, 0.1) is 0 Å². The Morgan fingerprint density at radius 2 is 1.83 bits per heavy atom. The van der Waals surface area contributed by atoms with Crippen molar-refractivity contribution in [3.05, 3.63) is 67.2 Å². The zero-order chi connectivity index (χ0) is 13.2. The van der Waals surface area contributed by atoms with E-state index in [0.29, 0.717) is 0 Å². The number of pyridine rings is 1. The summed E-state index contributed by atoms with van der Waals surface area (Å²) in [5.41, 5.74) is 3.83. The molecule has 18 heavy (non-hydrogen) atoms. The number of hydrogen-bond acceptors (Lipinski definition) is 2. The second-order valence-electron chi connectivity index (χ2n) is 3.87. The maximum Gasteiger partial charge on any atom is 0.0719 e. The standard InChI is InChI=1S/C14H15N.C2H4O/c1-2-4-12-6-8-13(9-7-12)14-5-3-10-15-11-14;1-2-3/h3,5-11H,2,4H2,1H3;2-3H,1H2. The van der Waals surface area contributed by atoms with E-state index in [4.69, 9.17) is 5.11 Å². The van der Waals surface area contributed by atoms with Gasteiger partial charge < -0.3 is 5.11 Å². The van der Waals surface area contributed by atoms with Crippen LogP contribution < -0.4 is 0 Å². The third-order valence-electron chi connectivity index (χ3n) is 2.49. The summed E-state index contributed by atoms with van der Waals surface area (Å²) in [6.07, 6.45) is 6.81. The van der Waals surface area contributed by atoms with Crippen LogP contribution in [0.3, 0.4) is 0 Å². The molecule has 0 atom stereocenters. The molecule has 0 amide bonds. The topological polar surface area (TPSA) is 33.1 Å². The molecular formula is C16H19NO. The quantitative estimate of drug-likeness (QED) is 0.808. The van der Waals surface area contributed by atoms with E-state index in [1.807, 2.05) is 12.3 Å². The van der Waals surface area contributed by atoms with E-state index in [1.165, 1.54) is 23.1 Å². The molecule has 0 aliphatic heterocycles. The molecule has 2 aromatic rings. The van der Waals surface area contributed by atoms with Gasteiger partial charge in [0.1, 0.15) is 0 Å². The van der Waals surface area contributed by atoms with Gasteiger partial charge in [-0.2, -0.15) is 0 Å². The van der Waals surface area contributed by atoms with E-state index < -0.39 is 0 Å². The fourth-order valence-corrected chi connectivity index (χ4v) is 1.69. The minimum atomic E-state index is 0.750. The highest BCUT2D eigenvalue weighted by Crippen LogP contribution is 2.18. The number of benzene rings is 1. The Bertz CT molecular complexity index is 448. The summed E-state index contributed by atoms with van der Waals surface area (Å²) in [6.45, 7) is 5.12. The molecule has 0 saturated carbocycles. The number of aliphatic hydroxyl groups is 1. The predicted octanol–water partition coefficient (Wildman–Crippen LogP) is 4.39. The average Bonchev–Trinajstić information content (AvgIpc) is 2.42. The van der Waals surface area contributed by atoms with Gasteiger partial charge in [-0.05, 0) is 29.2 Å². The van der Waals surface area contributed by atoms with Crippen molar-refractivity contribution >= 4 is 0 Å². The van der Waals surface area contributed by atoms with Crippen LogP contribution in [0.15, 0.2) is 61.6 Å². The molecule has 2 heteroatoms. The number of aliphatic hydroxyl groups excluding tert-OH is 1. The van der Waals surface area contributed by atoms with Gasteiger partial charge in [0.15, 0.2) is 0 Å². The molecule has 0 saturated heterocycles. The smallest absolute Gasteiger partial charge is 0.0719 e. The fraction of sp³-hybridized carbons (Fsp3) is 0.188. The highest BCUT2D eigenvalue weighted by atomic mass is 16.2. The molecule has 94 valence electrons. The number of rotatable bonds is 3. The van der Waals surface area contributed by atoms with Crippen LogP contribution >= 0.6 is 0 Å². The van der Waals surface area contributed by atoms with Gasteiger partial charge in [0.2, 0.25) is 0 Å². The summed E-state index contributed by atoms with van der Waals surface area (Å²) in [5.74, 6) is 0. The van der Waals surface area contributed by atoms with Crippen LogP contribution in [0.5, 0.6) is 0 Å². The molecule has 0 fully saturated rings. The van der Waals surface area contributed by atoms with Gasteiger partial charge in [-0.3, -0.25) is 4.98 Å². The Morgan fingerprint density at radius 1 is 1.17 bits per heavy atom. The molecule has 0 aliphatic carbocycles.